The summed E-state index contributed by atoms with van der Waals surface area (Å²) in [6.45, 7) is 5.28. The van der Waals surface area contributed by atoms with E-state index in [0.29, 0.717) is 6.20 Å². The minimum atomic E-state index is -0.647. The summed E-state index contributed by atoms with van der Waals surface area (Å²) in [7, 11) is 0. The molecule has 0 saturated heterocycles. The Hall–Kier alpha value is -1.39. The van der Waals surface area contributed by atoms with E-state index in [0.717, 1.165) is 0 Å². The number of ether oxygens (including phenoxy) is 1. The zero-order valence-electron chi connectivity index (χ0n) is 7.94. The molecule has 0 saturated carbocycles. The van der Waals surface area contributed by atoms with Gasteiger partial charge < -0.3 is 4.74 Å². The summed E-state index contributed by atoms with van der Waals surface area (Å²) in [5, 5.41) is 10.1. The van der Waals surface area contributed by atoms with Crippen LogP contribution >= 0.6 is 0 Å². The highest BCUT2D eigenvalue weighted by molar-refractivity contribution is 5.88. The van der Waals surface area contributed by atoms with Crippen molar-refractivity contribution in [1.29, 1.82) is 0 Å². The quantitative estimate of drug-likeness (QED) is 0.288. The van der Waals surface area contributed by atoms with Crippen LogP contribution in [0.25, 0.3) is 0 Å². The predicted molar refractivity (Wildman–Crippen MR) is 46.5 cm³/mol. The smallest absolute Gasteiger partial charge is 0.340 e. The molecule has 0 heterocycles. The van der Waals surface area contributed by atoms with Gasteiger partial charge >= 0.3 is 5.97 Å². The van der Waals surface area contributed by atoms with E-state index in [9.17, 15) is 14.9 Å². The van der Waals surface area contributed by atoms with Gasteiger partial charge in [0.2, 0.25) is 6.20 Å². The number of nitro groups is 1. The zero-order valence-corrected chi connectivity index (χ0v) is 7.94. The fraction of sp³-hybridized carbons (Fsp3) is 0.625. The molecule has 13 heavy (non-hydrogen) atoms. The van der Waals surface area contributed by atoms with Crippen LogP contribution in [0, 0.1) is 16.0 Å². The van der Waals surface area contributed by atoms with Gasteiger partial charge in [0.25, 0.3) is 0 Å². The molecule has 0 unspecified atom stereocenters. The van der Waals surface area contributed by atoms with Crippen LogP contribution in [0.2, 0.25) is 0 Å². The van der Waals surface area contributed by atoms with Crippen molar-refractivity contribution in [3.05, 3.63) is 21.9 Å². The third kappa shape index (κ3) is 4.25. The second-order valence-electron chi connectivity index (χ2n) is 2.74. The van der Waals surface area contributed by atoms with Crippen molar-refractivity contribution in [1.82, 2.24) is 0 Å². The molecule has 74 valence electrons. The maximum absolute atomic E-state index is 11.1. The van der Waals surface area contributed by atoms with Crippen LogP contribution in [0.5, 0.6) is 0 Å². The summed E-state index contributed by atoms with van der Waals surface area (Å²) in [6.07, 6.45) is 0.697. The van der Waals surface area contributed by atoms with Gasteiger partial charge in [-0.3, -0.25) is 10.1 Å². The Balaban J connectivity index is 4.61. The molecule has 0 rings (SSSR count). The van der Waals surface area contributed by atoms with Crippen molar-refractivity contribution in [2.75, 3.05) is 6.61 Å². The maximum Gasteiger partial charge on any atom is 0.340 e. The van der Waals surface area contributed by atoms with Crippen molar-refractivity contribution in [2.45, 2.75) is 20.8 Å². The SMILES string of the molecule is CCOC(=O)/C(=C\[N+](=O)[O-])C(C)C. The first kappa shape index (κ1) is 11.6. The predicted octanol–water partition coefficient (Wildman–Crippen LogP) is 1.37. The average Bonchev–Trinajstić information content (AvgIpc) is 1.99. The molecular formula is C8H13NO4. The van der Waals surface area contributed by atoms with E-state index in [1.807, 2.05) is 0 Å². The number of esters is 1. The molecule has 5 heteroatoms. The highest BCUT2D eigenvalue weighted by Gasteiger charge is 2.18. The topological polar surface area (TPSA) is 69.4 Å². The molecule has 0 amide bonds. The van der Waals surface area contributed by atoms with Gasteiger partial charge in [0.15, 0.2) is 0 Å². The van der Waals surface area contributed by atoms with Crippen molar-refractivity contribution >= 4 is 5.97 Å². The monoisotopic (exact) mass is 187 g/mol. The summed E-state index contributed by atoms with van der Waals surface area (Å²) in [5.74, 6) is -0.821. The number of rotatable bonds is 4. The van der Waals surface area contributed by atoms with Gasteiger partial charge in [-0.05, 0) is 12.8 Å². The third-order valence-corrected chi connectivity index (χ3v) is 1.38. The molecule has 0 aromatic heterocycles. The van der Waals surface area contributed by atoms with Crippen LogP contribution in [0.3, 0.4) is 0 Å². The summed E-state index contributed by atoms with van der Waals surface area (Å²) in [4.78, 5) is 20.6. The molecule has 0 aliphatic rings. The van der Waals surface area contributed by atoms with Gasteiger partial charge in [-0.15, -0.1) is 0 Å². The first-order chi connectivity index (χ1) is 5.99. The van der Waals surface area contributed by atoms with Crippen molar-refractivity contribution < 1.29 is 14.5 Å². The Kier molecular flexibility index (Phi) is 4.72. The largest absolute Gasteiger partial charge is 0.462 e. The van der Waals surface area contributed by atoms with Gasteiger partial charge in [-0.25, -0.2) is 4.79 Å². The Morgan fingerprint density at radius 3 is 2.46 bits per heavy atom. The molecule has 0 fully saturated rings. The van der Waals surface area contributed by atoms with Crippen LogP contribution in [-0.2, 0) is 9.53 Å². The van der Waals surface area contributed by atoms with Crippen LogP contribution in [0.15, 0.2) is 11.8 Å². The lowest BCUT2D eigenvalue weighted by atomic mass is 10.1. The molecular weight excluding hydrogens is 174 g/mol. The summed E-state index contributed by atoms with van der Waals surface area (Å²) in [6, 6.07) is 0. The average molecular weight is 187 g/mol. The highest BCUT2D eigenvalue weighted by Crippen LogP contribution is 2.11. The van der Waals surface area contributed by atoms with Gasteiger partial charge in [0.1, 0.15) is 5.57 Å². The molecule has 0 spiro atoms. The van der Waals surface area contributed by atoms with E-state index >= 15 is 0 Å². The summed E-state index contributed by atoms with van der Waals surface area (Å²) < 4.78 is 4.65. The molecule has 0 bridgehead atoms. The molecule has 0 N–H and O–H groups in total. The van der Waals surface area contributed by atoms with Crippen molar-refractivity contribution in [3.8, 4) is 0 Å². The van der Waals surface area contributed by atoms with E-state index < -0.39 is 10.9 Å². The highest BCUT2D eigenvalue weighted by atomic mass is 16.6. The molecule has 0 aromatic carbocycles. The second-order valence-corrected chi connectivity index (χ2v) is 2.74. The van der Waals surface area contributed by atoms with Crippen LogP contribution in [-0.4, -0.2) is 17.5 Å². The maximum atomic E-state index is 11.1. The van der Waals surface area contributed by atoms with Gasteiger partial charge in [0.05, 0.1) is 11.5 Å². The number of carbonyl (C=O) groups is 1. The Labute approximate surface area is 76.5 Å². The van der Waals surface area contributed by atoms with Crippen LogP contribution in [0.1, 0.15) is 20.8 Å². The summed E-state index contributed by atoms with van der Waals surface area (Å²) in [5.41, 5.74) is 0.0897. The third-order valence-electron chi connectivity index (χ3n) is 1.38. The van der Waals surface area contributed by atoms with E-state index in [4.69, 9.17) is 0 Å². The number of hydrogen-bond acceptors (Lipinski definition) is 4. The fourth-order valence-corrected chi connectivity index (χ4v) is 0.765. The minimum absolute atomic E-state index is 0.0897. The van der Waals surface area contributed by atoms with Crippen molar-refractivity contribution in [2.24, 2.45) is 5.92 Å². The first-order valence-electron chi connectivity index (χ1n) is 4.01. The Morgan fingerprint density at radius 1 is 1.62 bits per heavy atom. The number of hydrogen-bond donors (Lipinski definition) is 0. The first-order valence-corrected chi connectivity index (χ1v) is 4.01. The molecule has 0 aromatic rings. The van der Waals surface area contributed by atoms with E-state index in [2.05, 4.69) is 4.74 Å². The lowest BCUT2D eigenvalue weighted by molar-refractivity contribution is -0.403. The molecule has 0 aliphatic carbocycles. The fourth-order valence-electron chi connectivity index (χ4n) is 0.765. The second kappa shape index (κ2) is 5.29. The Morgan fingerprint density at radius 2 is 2.15 bits per heavy atom. The van der Waals surface area contributed by atoms with E-state index in [1.54, 1.807) is 20.8 Å². The van der Waals surface area contributed by atoms with Crippen LogP contribution < -0.4 is 0 Å². The van der Waals surface area contributed by atoms with Crippen molar-refractivity contribution in [3.63, 3.8) is 0 Å². The molecule has 0 radical (unpaired) electrons. The van der Waals surface area contributed by atoms with Gasteiger partial charge in [0, 0.05) is 0 Å². The van der Waals surface area contributed by atoms with E-state index in [-0.39, 0.29) is 18.1 Å². The van der Waals surface area contributed by atoms with Crippen LogP contribution in [0.4, 0.5) is 0 Å². The Bertz CT molecular complexity index is 232. The lowest BCUT2D eigenvalue weighted by Crippen LogP contribution is -2.13. The summed E-state index contributed by atoms with van der Waals surface area (Å²) >= 11 is 0. The molecule has 0 atom stereocenters. The standard InChI is InChI=1S/C8H13NO4/c1-4-13-8(10)7(6(2)3)5-9(11)12/h5-6H,4H2,1-3H3/b7-5-. The number of nitrogens with zero attached hydrogens (tertiary/aromatic N) is 1. The molecule has 0 aliphatic heterocycles. The lowest BCUT2D eigenvalue weighted by Gasteiger charge is -2.06. The normalized spacial score (nSPS) is 11.5. The van der Waals surface area contributed by atoms with Gasteiger partial charge in [-0.2, -0.15) is 0 Å². The van der Waals surface area contributed by atoms with E-state index in [1.165, 1.54) is 0 Å². The molecule has 5 nitrogen and oxygen atoms in total. The minimum Gasteiger partial charge on any atom is -0.462 e. The van der Waals surface area contributed by atoms with Gasteiger partial charge in [-0.1, -0.05) is 13.8 Å². The zero-order chi connectivity index (χ0) is 10.4. The number of carbonyl (C=O) groups excluding carboxylic acids is 1.